The van der Waals surface area contributed by atoms with E-state index in [0.717, 1.165) is 5.69 Å². The van der Waals surface area contributed by atoms with Gasteiger partial charge in [-0.2, -0.15) is 0 Å². The molecule has 0 saturated heterocycles. The van der Waals surface area contributed by atoms with Gasteiger partial charge in [-0.25, -0.2) is 9.78 Å². The minimum absolute atomic E-state index is 0.0608. The fraction of sp³-hybridized carbons (Fsp3) is 0.333. The van der Waals surface area contributed by atoms with Crippen molar-refractivity contribution in [3.05, 3.63) is 23.4 Å². The Kier molecular flexibility index (Phi) is 3.41. The SMILES string of the molecule is Cc1ccc(C(=O)O)c(NCCO)n1. The van der Waals surface area contributed by atoms with Gasteiger partial charge >= 0.3 is 5.97 Å². The van der Waals surface area contributed by atoms with Gasteiger partial charge in [0, 0.05) is 12.2 Å². The monoisotopic (exact) mass is 196 g/mol. The fourth-order valence-electron chi connectivity index (χ4n) is 1.04. The largest absolute Gasteiger partial charge is 0.478 e. The number of carboxylic acid groups (broad SMARTS) is 1. The molecule has 3 N–H and O–H groups in total. The van der Waals surface area contributed by atoms with Crippen LogP contribution in [-0.4, -0.2) is 34.3 Å². The Balaban J connectivity index is 2.97. The number of aromatic nitrogens is 1. The molecule has 0 fully saturated rings. The molecule has 0 unspecified atom stereocenters. The zero-order chi connectivity index (χ0) is 10.6. The molecular formula is C9H12N2O3. The van der Waals surface area contributed by atoms with Crippen LogP contribution in [0.1, 0.15) is 16.1 Å². The number of rotatable bonds is 4. The minimum atomic E-state index is -1.03. The molecule has 5 nitrogen and oxygen atoms in total. The van der Waals surface area contributed by atoms with Crippen LogP contribution < -0.4 is 5.32 Å². The number of carbonyl (C=O) groups is 1. The van der Waals surface area contributed by atoms with Crippen LogP contribution in [0.5, 0.6) is 0 Å². The number of carboxylic acids is 1. The summed E-state index contributed by atoms with van der Waals surface area (Å²) in [6.07, 6.45) is 0. The summed E-state index contributed by atoms with van der Waals surface area (Å²) in [6.45, 7) is 2.00. The van der Waals surface area contributed by atoms with Crippen LogP contribution in [0.2, 0.25) is 0 Å². The van der Waals surface area contributed by atoms with Gasteiger partial charge in [-0.15, -0.1) is 0 Å². The van der Waals surface area contributed by atoms with E-state index in [2.05, 4.69) is 10.3 Å². The average Bonchev–Trinajstić information content (AvgIpc) is 2.14. The Morgan fingerprint density at radius 3 is 2.86 bits per heavy atom. The molecule has 1 rings (SSSR count). The van der Waals surface area contributed by atoms with Gasteiger partial charge in [0.15, 0.2) is 0 Å². The van der Waals surface area contributed by atoms with Crippen molar-refractivity contribution in [1.82, 2.24) is 4.98 Å². The maximum Gasteiger partial charge on any atom is 0.339 e. The second kappa shape index (κ2) is 4.57. The Hall–Kier alpha value is -1.62. The van der Waals surface area contributed by atoms with Crippen molar-refractivity contribution < 1.29 is 15.0 Å². The Morgan fingerprint density at radius 2 is 2.29 bits per heavy atom. The highest BCUT2D eigenvalue weighted by molar-refractivity contribution is 5.93. The second-order valence-corrected chi connectivity index (χ2v) is 2.80. The topological polar surface area (TPSA) is 82.5 Å². The van der Waals surface area contributed by atoms with Gasteiger partial charge in [0.25, 0.3) is 0 Å². The highest BCUT2D eigenvalue weighted by Crippen LogP contribution is 2.12. The predicted octanol–water partition coefficient (Wildman–Crippen LogP) is 0.492. The van der Waals surface area contributed by atoms with Crippen molar-refractivity contribution in [2.45, 2.75) is 6.92 Å². The molecule has 14 heavy (non-hydrogen) atoms. The third-order valence-corrected chi connectivity index (χ3v) is 1.67. The number of pyridine rings is 1. The van der Waals surface area contributed by atoms with Gasteiger partial charge in [0.1, 0.15) is 11.4 Å². The lowest BCUT2D eigenvalue weighted by Gasteiger charge is -2.07. The second-order valence-electron chi connectivity index (χ2n) is 2.80. The third-order valence-electron chi connectivity index (χ3n) is 1.67. The first-order valence-corrected chi connectivity index (χ1v) is 4.21. The van der Waals surface area contributed by atoms with Gasteiger partial charge in [0.05, 0.1) is 6.61 Å². The molecule has 0 aliphatic carbocycles. The molecule has 0 aromatic carbocycles. The number of hydrogen-bond donors (Lipinski definition) is 3. The molecule has 0 spiro atoms. The predicted molar refractivity (Wildman–Crippen MR) is 51.5 cm³/mol. The van der Waals surface area contributed by atoms with E-state index in [9.17, 15) is 4.79 Å². The molecular weight excluding hydrogens is 184 g/mol. The highest BCUT2D eigenvalue weighted by atomic mass is 16.4. The van der Waals surface area contributed by atoms with Gasteiger partial charge in [0.2, 0.25) is 0 Å². The van der Waals surface area contributed by atoms with Crippen LogP contribution in [0.25, 0.3) is 0 Å². The molecule has 1 aromatic heterocycles. The number of aromatic carboxylic acids is 1. The van der Waals surface area contributed by atoms with Crippen molar-refractivity contribution in [3.8, 4) is 0 Å². The molecule has 0 aliphatic rings. The molecule has 0 radical (unpaired) electrons. The lowest BCUT2D eigenvalue weighted by atomic mass is 10.2. The maximum absolute atomic E-state index is 10.8. The molecule has 1 aromatic rings. The number of hydrogen-bond acceptors (Lipinski definition) is 4. The first-order chi connectivity index (χ1) is 6.65. The van der Waals surface area contributed by atoms with Crippen molar-refractivity contribution >= 4 is 11.8 Å². The van der Waals surface area contributed by atoms with Crippen LogP contribution in [0.15, 0.2) is 12.1 Å². The molecule has 1 heterocycles. The molecule has 0 aliphatic heterocycles. The van der Waals surface area contributed by atoms with Crippen molar-refractivity contribution in [3.63, 3.8) is 0 Å². The van der Waals surface area contributed by atoms with Crippen LogP contribution in [0, 0.1) is 6.92 Å². The third kappa shape index (κ3) is 2.43. The van der Waals surface area contributed by atoms with E-state index in [1.54, 1.807) is 13.0 Å². The number of aliphatic hydroxyl groups is 1. The lowest BCUT2D eigenvalue weighted by molar-refractivity contribution is 0.0697. The van der Waals surface area contributed by atoms with E-state index < -0.39 is 5.97 Å². The maximum atomic E-state index is 10.8. The van der Waals surface area contributed by atoms with Crippen LogP contribution in [0.4, 0.5) is 5.82 Å². The van der Waals surface area contributed by atoms with E-state index >= 15 is 0 Å². The quantitative estimate of drug-likeness (QED) is 0.653. The summed E-state index contributed by atoms with van der Waals surface area (Å²) in [5.74, 6) is -0.732. The Labute approximate surface area is 81.4 Å². The van der Waals surface area contributed by atoms with E-state index in [4.69, 9.17) is 10.2 Å². The Morgan fingerprint density at radius 1 is 1.57 bits per heavy atom. The molecule has 0 atom stereocenters. The zero-order valence-electron chi connectivity index (χ0n) is 7.82. The van der Waals surface area contributed by atoms with Gasteiger partial charge in [-0.05, 0) is 19.1 Å². The van der Waals surface area contributed by atoms with Crippen molar-refractivity contribution in [1.29, 1.82) is 0 Å². The summed E-state index contributed by atoms with van der Waals surface area (Å²) in [6, 6.07) is 3.12. The fourth-order valence-corrected chi connectivity index (χ4v) is 1.04. The molecule has 0 amide bonds. The van der Waals surface area contributed by atoms with E-state index in [-0.39, 0.29) is 18.7 Å². The Bertz CT molecular complexity index is 339. The van der Waals surface area contributed by atoms with E-state index in [0.29, 0.717) is 5.82 Å². The van der Waals surface area contributed by atoms with Crippen LogP contribution in [0.3, 0.4) is 0 Å². The minimum Gasteiger partial charge on any atom is -0.478 e. The number of anilines is 1. The first-order valence-electron chi connectivity index (χ1n) is 4.21. The van der Waals surface area contributed by atoms with Gasteiger partial charge < -0.3 is 15.5 Å². The highest BCUT2D eigenvalue weighted by Gasteiger charge is 2.10. The lowest BCUT2D eigenvalue weighted by Crippen LogP contribution is -2.12. The van der Waals surface area contributed by atoms with Gasteiger partial charge in [-0.3, -0.25) is 0 Å². The summed E-state index contributed by atoms with van der Waals surface area (Å²) in [7, 11) is 0. The standard InChI is InChI=1S/C9H12N2O3/c1-6-2-3-7(9(13)14)8(11-6)10-4-5-12/h2-3,12H,4-5H2,1H3,(H,10,11)(H,13,14). The summed E-state index contributed by atoms with van der Waals surface area (Å²) in [5.41, 5.74) is 0.847. The van der Waals surface area contributed by atoms with Crippen LogP contribution >= 0.6 is 0 Å². The molecule has 0 bridgehead atoms. The molecule has 0 saturated carbocycles. The molecule has 5 heteroatoms. The van der Waals surface area contributed by atoms with E-state index in [1.807, 2.05) is 0 Å². The summed E-state index contributed by atoms with van der Waals surface area (Å²) in [5, 5.41) is 20.1. The molecule has 76 valence electrons. The van der Waals surface area contributed by atoms with Gasteiger partial charge in [-0.1, -0.05) is 0 Å². The number of aliphatic hydroxyl groups excluding tert-OH is 1. The summed E-state index contributed by atoms with van der Waals surface area (Å²) in [4.78, 5) is 14.8. The van der Waals surface area contributed by atoms with Crippen molar-refractivity contribution in [2.24, 2.45) is 0 Å². The number of nitrogens with one attached hydrogen (secondary N) is 1. The smallest absolute Gasteiger partial charge is 0.339 e. The summed E-state index contributed by atoms with van der Waals surface area (Å²) < 4.78 is 0. The normalized spacial score (nSPS) is 9.86. The number of aryl methyl sites for hydroxylation is 1. The average molecular weight is 196 g/mol. The zero-order valence-corrected chi connectivity index (χ0v) is 7.82. The van der Waals surface area contributed by atoms with E-state index in [1.165, 1.54) is 6.07 Å². The summed E-state index contributed by atoms with van der Waals surface area (Å²) >= 11 is 0. The van der Waals surface area contributed by atoms with Crippen LogP contribution in [-0.2, 0) is 0 Å². The van der Waals surface area contributed by atoms with Crippen molar-refractivity contribution in [2.75, 3.05) is 18.5 Å². The number of nitrogens with zero attached hydrogens (tertiary/aromatic N) is 1. The first kappa shape index (κ1) is 10.5.